The van der Waals surface area contributed by atoms with Gasteiger partial charge in [-0.1, -0.05) is 36.4 Å². The van der Waals surface area contributed by atoms with E-state index in [9.17, 15) is 4.39 Å². The molecule has 0 aliphatic carbocycles. The molecule has 3 aromatic rings. The van der Waals surface area contributed by atoms with Crippen molar-refractivity contribution in [1.29, 1.82) is 0 Å². The third-order valence-corrected chi connectivity index (χ3v) is 3.60. The Hall–Kier alpha value is -2.95. The summed E-state index contributed by atoms with van der Waals surface area (Å²) in [5.74, 6) is 1.69. The second-order valence-electron chi connectivity index (χ2n) is 5.60. The number of aromatic nitrogens is 2. The molecule has 0 radical (unpaired) electrons. The maximum atomic E-state index is 13.3. The lowest BCUT2D eigenvalue weighted by atomic mass is 10.1. The zero-order chi connectivity index (χ0) is 16.9. The highest BCUT2D eigenvalue weighted by molar-refractivity contribution is 5.59. The van der Waals surface area contributed by atoms with Crippen LogP contribution in [0.4, 0.5) is 21.7 Å². The van der Waals surface area contributed by atoms with Gasteiger partial charge < -0.3 is 10.6 Å². The molecular weight excluding hydrogens is 303 g/mol. The Morgan fingerprint density at radius 3 is 2.42 bits per heavy atom. The summed E-state index contributed by atoms with van der Waals surface area (Å²) in [7, 11) is 0. The van der Waals surface area contributed by atoms with Gasteiger partial charge in [-0.3, -0.25) is 0 Å². The van der Waals surface area contributed by atoms with Crippen LogP contribution in [0.3, 0.4) is 0 Å². The molecule has 0 saturated carbocycles. The van der Waals surface area contributed by atoms with E-state index in [2.05, 4.69) is 39.7 Å². The van der Waals surface area contributed by atoms with Crippen molar-refractivity contribution in [1.82, 2.24) is 9.97 Å². The Labute approximate surface area is 140 Å². The fraction of sp³-hybridized carbons (Fsp3) is 0.158. The van der Waals surface area contributed by atoms with Crippen molar-refractivity contribution >= 4 is 17.3 Å². The maximum Gasteiger partial charge on any atom is 0.136 e. The summed E-state index contributed by atoms with van der Waals surface area (Å²) >= 11 is 0. The summed E-state index contributed by atoms with van der Waals surface area (Å²) in [6.07, 6.45) is 0. The number of aryl methyl sites for hydroxylation is 1. The molecule has 1 aromatic heterocycles. The molecule has 0 bridgehead atoms. The quantitative estimate of drug-likeness (QED) is 0.705. The van der Waals surface area contributed by atoms with Crippen molar-refractivity contribution < 1.29 is 4.39 Å². The van der Waals surface area contributed by atoms with Crippen LogP contribution < -0.4 is 10.6 Å². The lowest BCUT2D eigenvalue weighted by Gasteiger charge is -2.16. The van der Waals surface area contributed by atoms with Crippen LogP contribution in [0.5, 0.6) is 0 Å². The first-order valence-corrected chi connectivity index (χ1v) is 7.80. The number of nitrogens with one attached hydrogen (secondary N) is 2. The summed E-state index contributed by atoms with van der Waals surface area (Å²) in [6.45, 7) is 3.90. The first kappa shape index (κ1) is 15.9. The molecule has 1 unspecified atom stereocenters. The van der Waals surface area contributed by atoms with Crippen LogP contribution in [0.25, 0.3) is 0 Å². The molecular formula is C19H19FN4. The highest BCUT2D eigenvalue weighted by atomic mass is 19.1. The smallest absolute Gasteiger partial charge is 0.136 e. The van der Waals surface area contributed by atoms with E-state index in [1.54, 1.807) is 12.1 Å². The van der Waals surface area contributed by atoms with E-state index in [1.165, 1.54) is 17.7 Å². The zero-order valence-corrected chi connectivity index (χ0v) is 13.6. The van der Waals surface area contributed by atoms with E-state index >= 15 is 0 Å². The largest absolute Gasteiger partial charge is 0.363 e. The summed E-state index contributed by atoms with van der Waals surface area (Å²) in [5.41, 5.74) is 1.82. The van der Waals surface area contributed by atoms with E-state index in [-0.39, 0.29) is 11.9 Å². The van der Waals surface area contributed by atoms with Gasteiger partial charge >= 0.3 is 0 Å². The van der Waals surface area contributed by atoms with E-state index in [0.717, 1.165) is 5.82 Å². The van der Waals surface area contributed by atoms with E-state index in [4.69, 9.17) is 0 Å². The minimum atomic E-state index is -0.290. The van der Waals surface area contributed by atoms with Crippen molar-refractivity contribution in [3.05, 3.63) is 77.9 Å². The third kappa shape index (κ3) is 4.07. The Kier molecular flexibility index (Phi) is 4.70. The first-order chi connectivity index (χ1) is 11.6. The Morgan fingerprint density at radius 1 is 0.917 bits per heavy atom. The predicted molar refractivity (Wildman–Crippen MR) is 94.9 cm³/mol. The molecule has 0 aliphatic heterocycles. The monoisotopic (exact) mass is 322 g/mol. The number of hydrogen-bond donors (Lipinski definition) is 2. The van der Waals surface area contributed by atoms with Crippen molar-refractivity contribution in [3.8, 4) is 0 Å². The molecule has 1 heterocycles. The van der Waals surface area contributed by atoms with Gasteiger partial charge in [-0.15, -0.1) is 0 Å². The number of anilines is 3. The van der Waals surface area contributed by atoms with Gasteiger partial charge in [-0.25, -0.2) is 14.4 Å². The summed E-state index contributed by atoms with van der Waals surface area (Å²) in [5, 5.41) is 6.48. The zero-order valence-electron chi connectivity index (χ0n) is 13.6. The predicted octanol–water partition coefficient (Wildman–Crippen LogP) is 4.84. The fourth-order valence-electron chi connectivity index (χ4n) is 2.47. The average Bonchev–Trinajstić information content (AvgIpc) is 2.55. The van der Waals surface area contributed by atoms with E-state index in [1.807, 2.05) is 31.2 Å². The second kappa shape index (κ2) is 7.08. The topological polar surface area (TPSA) is 49.8 Å². The van der Waals surface area contributed by atoms with Gasteiger partial charge in [0, 0.05) is 17.8 Å². The maximum absolute atomic E-state index is 13.3. The normalized spacial score (nSPS) is 11.8. The highest BCUT2D eigenvalue weighted by Crippen LogP contribution is 2.21. The molecule has 0 aliphatic rings. The fourth-order valence-corrected chi connectivity index (χ4v) is 2.47. The number of rotatable bonds is 5. The van der Waals surface area contributed by atoms with Crippen LogP contribution in [0, 0.1) is 12.7 Å². The molecule has 4 nitrogen and oxygen atoms in total. The summed E-state index contributed by atoms with van der Waals surface area (Å²) < 4.78 is 13.3. The SMILES string of the molecule is Cc1nc(Nc2cccc(F)c2)cc(NC(C)c2ccccc2)n1. The molecule has 0 saturated heterocycles. The van der Waals surface area contributed by atoms with Crippen LogP contribution >= 0.6 is 0 Å². The van der Waals surface area contributed by atoms with Gasteiger partial charge in [0.1, 0.15) is 23.3 Å². The summed E-state index contributed by atoms with van der Waals surface area (Å²) in [6, 6.07) is 18.4. The molecule has 2 aromatic carbocycles. The molecule has 0 amide bonds. The van der Waals surface area contributed by atoms with Gasteiger partial charge in [0.25, 0.3) is 0 Å². The third-order valence-electron chi connectivity index (χ3n) is 3.60. The van der Waals surface area contributed by atoms with Crippen molar-refractivity contribution in [2.75, 3.05) is 10.6 Å². The number of nitrogens with zero attached hydrogens (tertiary/aromatic N) is 2. The minimum absolute atomic E-state index is 0.113. The minimum Gasteiger partial charge on any atom is -0.363 e. The Balaban J connectivity index is 1.79. The van der Waals surface area contributed by atoms with Gasteiger partial charge in [-0.05, 0) is 37.6 Å². The van der Waals surface area contributed by atoms with Crippen LogP contribution in [0.2, 0.25) is 0 Å². The second-order valence-corrected chi connectivity index (χ2v) is 5.60. The average molecular weight is 322 g/mol. The number of halogens is 1. The van der Waals surface area contributed by atoms with Crippen LogP contribution in [0.15, 0.2) is 60.7 Å². The van der Waals surface area contributed by atoms with E-state index in [0.29, 0.717) is 17.3 Å². The Bertz CT molecular complexity index is 821. The van der Waals surface area contributed by atoms with Gasteiger partial charge in [0.05, 0.1) is 0 Å². The lowest BCUT2D eigenvalue weighted by molar-refractivity contribution is 0.628. The van der Waals surface area contributed by atoms with Crippen LogP contribution in [-0.4, -0.2) is 9.97 Å². The number of benzene rings is 2. The molecule has 0 fully saturated rings. The van der Waals surface area contributed by atoms with Gasteiger partial charge in [0.2, 0.25) is 0 Å². The van der Waals surface area contributed by atoms with Gasteiger partial charge in [-0.2, -0.15) is 0 Å². The van der Waals surface area contributed by atoms with Crippen molar-refractivity contribution in [2.45, 2.75) is 19.9 Å². The first-order valence-electron chi connectivity index (χ1n) is 7.80. The standard InChI is InChI=1S/C19H19FN4/c1-13(15-7-4-3-5-8-15)21-18-12-19(23-14(2)22-18)24-17-10-6-9-16(20)11-17/h3-13H,1-2H3,(H2,21,22,23,24). The van der Waals surface area contributed by atoms with Crippen molar-refractivity contribution in [2.24, 2.45) is 0 Å². The molecule has 5 heteroatoms. The van der Waals surface area contributed by atoms with E-state index < -0.39 is 0 Å². The number of hydrogen-bond acceptors (Lipinski definition) is 4. The van der Waals surface area contributed by atoms with Gasteiger partial charge in [0.15, 0.2) is 0 Å². The molecule has 3 rings (SSSR count). The molecule has 2 N–H and O–H groups in total. The highest BCUT2D eigenvalue weighted by Gasteiger charge is 2.08. The lowest BCUT2D eigenvalue weighted by Crippen LogP contribution is -2.09. The summed E-state index contributed by atoms with van der Waals surface area (Å²) in [4.78, 5) is 8.78. The van der Waals surface area contributed by atoms with Crippen LogP contribution in [0.1, 0.15) is 24.4 Å². The Morgan fingerprint density at radius 2 is 1.67 bits per heavy atom. The molecule has 24 heavy (non-hydrogen) atoms. The van der Waals surface area contributed by atoms with Crippen LogP contribution in [-0.2, 0) is 0 Å². The molecule has 122 valence electrons. The molecule has 0 spiro atoms. The molecule has 1 atom stereocenters. The van der Waals surface area contributed by atoms with Crippen molar-refractivity contribution in [3.63, 3.8) is 0 Å².